The topological polar surface area (TPSA) is 50.1 Å². The van der Waals surface area contributed by atoms with E-state index in [0.29, 0.717) is 11.3 Å². The van der Waals surface area contributed by atoms with Crippen LogP contribution in [0.1, 0.15) is 26.3 Å². The number of benzene rings is 1. The molecule has 3 nitrogen and oxygen atoms in total. The molecule has 84 valence electrons. The number of Topliss-reactive ketones (excluding diaryl/α,β-unsaturated/α-hetero) is 1. The quantitative estimate of drug-likeness (QED) is 0.781. The number of ketones is 1. The molecule has 1 aromatic carbocycles. The van der Waals surface area contributed by atoms with Gasteiger partial charge >= 0.3 is 0 Å². The first-order chi connectivity index (χ1) is 7.43. The summed E-state index contributed by atoms with van der Waals surface area (Å²) >= 11 is 0. The van der Waals surface area contributed by atoms with Gasteiger partial charge in [-0.3, -0.25) is 4.79 Å². The fraction of sp³-hybridized carbons (Fsp3) is 0.385. The Morgan fingerprint density at radius 1 is 1.44 bits per heavy atom. The molecule has 0 unspecified atom stereocenters. The first kappa shape index (κ1) is 12.3. The second kappa shape index (κ2) is 4.80. The van der Waals surface area contributed by atoms with Gasteiger partial charge in [0, 0.05) is 5.41 Å². The minimum absolute atomic E-state index is 0.0369. The zero-order chi connectivity index (χ0) is 12.2. The Balaban J connectivity index is 2.62. The van der Waals surface area contributed by atoms with Gasteiger partial charge < -0.3 is 4.74 Å². The van der Waals surface area contributed by atoms with E-state index in [0.717, 1.165) is 0 Å². The van der Waals surface area contributed by atoms with Crippen LogP contribution in [0, 0.1) is 16.7 Å². The van der Waals surface area contributed by atoms with Gasteiger partial charge in [0.25, 0.3) is 0 Å². The lowest BCUT2D eigenvalue weighted by Gasteiger charge is -2.16. The van der Waals surface area contributed by atoms with Gasteiger partial charge in [0.15, 0.2) is 5.78 Å². The molecule has 0 saturated heterocycles. The van der Waals surface area contributed by atoms with Crippen LogP contribution < -0.4 is 4.74 Å². The van der Waals surface area contributed by atoms with E-state index in [-0.39, 0.29) is 12.4 Å². The molecule has 1 aromatic rings. The van der Waals surface area contributed by atoms with Crippen molar-refractivity contribution in [3.63, 3.8) is 0 Å². The summed E-state index contributed by atoms with van der Waals surface area (Å²) in [6.07, 6.45) is 0. The van der Waals surface area contributed by atoms with Crippen molar-refractivity contribution in [3.05, 3.63) is 29.8 Å². The number of ether oxygens (including phenoxy) is 1. The van der Waals surface area contributed by atoms with Crippen LogP contribution in [0.2, 0.25) is 0 Å². The van der Waals surface area contributed by atoms with Gasteiger partial charge in [0.1, 0.15) is 12.4 Å². The van der Waals surface area contributed by atoms with Crippen molar-refractivity contribution < 1.29 is 9.53 Å². The standard InChI is InChI=1S/C13H15NO2/c1-13(2,3)12(15)9-16-11-6-4-5-10(7-11)8-14/h4-7H,9H2,1-3H3. The van der Waals surface area contributed by atoms with E-state index < -0.39 is 5.41 Å². The molecule has 0 amide bonds. The molecule has 0 spiro atoms. The minimum Gasteiger partial charge on any atom is -0.486 e. The lowest BCUT2D eigenvalue weighted by atomic mass is 9.91. The molecule has 0 bridgehead atoms. The normalized spacial score (nSPS) is 10.6. The Morgan fingerprint density at radius 3 is 2.69 bits per heavy atom. The molecule has 3 heteroatoms. The SMILES string of the molecule is CC(C)(C)C(=O)COc1cccc(C#N)c1. The predicted molar refractivity (Wildman–Crippen MR) is 61.1 cm³/mol. The van der Waals surface area contributed by atoms with Crippen molar-refractivity contribution in [1.29, 1.82) is 5.26 Å². The van der Waals surface area contributed by atoms with Crippen molar-refractivity contribution in [2.45, 2.75) is 20.8 Å². The maximum absolute atomic E-state index is 11.6. The van der Waals surface area contributed by atoms with Crippen LogP contribution in [-0.2, 0) is 4.79 Å². The highest BCUT2D eigenvalue weighted by Crippen LogP contribution is 2.17. The summed E-state index contributed by atoms with van der Waals surface area (Å²) in [6, 6.07) is 8.80. The van der Waals surface area contributed by atoms with Gasteiger partial charge in [-0.05, 0) is 18.2 Å². The van der Waals surface area contributed by atoms with E-state index in [2.05, 4.69) is 0 Å². The third-order valence-corrected chi connectivity index (χ3v) is 2.17. The second-order valence-corrected chi connectivity index (χ2v) is 4.60. The molecule has 16 heavy (non-hydrogen) atoms. The summed E-state index contributed by atoms with van der Waals surface area (Å²) in [5.41, 5.74) is 0.132. The first-order valence-electron chi connectivity index (χ1n) is 5.10. The highest BCUT2D eigenvalue weighted by molar-refractivity contribution is 5.85. The van der Waals surface area contributed by atoms with Gasteiger partial charge in [0.05, 0.1) is 11.6 Å². The summed E-state index contributed by atoms with van der Waals surface area (Å²) in [5.74, 6) is 0.589. The molecule has 0 radical (unpaired) electrons. The molecular formula is C13H15NO2. The summed E-state index contributed by atoms with van der Waals surface area (Å²) in [4.78, 5) is 11.6. The number of hydrogen-bond acceptors (Lipinski definition) is 3. The van der Waals surface area contributed by atoms with Crippen LogP contribution in [0.5, 0.6) is 5.75 Å². The zero-order valence-electron chi connectivity index (χ0n) is 9.78. The van der Waals surface area contributed by atoms with Gasteiger partial charge in [-0.15, -0.1) is 0 Å². The van der Waals surface area contributed by atoms with E-state index >= 15 is 0 Å². The molecular weight excluding hydrogens is 202 g/mol. The Hall–Kier alpha value is -1.82. The Bertz CT molecular complexity index is 424. The van der Waals surface area contributed by atoms with Crippen LogP contribution in [0.4, 0.5) is 0 Å². The lowest BCUT2D eigenvalue weighted by molar-refractivity contribution is -0.128. The van der Waals surface area contributed by atoms with Crippen molar-refractivity contribution in [2.75, 3.05) is 6.61 Å². The number of hydrogen-bond donors (Lipinski definition) is 0. The highest BCUT2D eigenvalue weighted by atomic mass is 16.5. The second-order valence-electron chi connectivity index (χ2n) is 4.60. The van der Waals surface area contributed by atoms with Gasteiger partial charge in [-0.2, -0.15) is 5.26 Å². The lowest BCUT2D eigenvalue weighted by Crippen LogP contribution is -2.26. The highest BCUT2D eigenvalue weighted by Gasteiger charge is 2.21. The molecule has 0 saturated carbocycles. The van der Waals surface area contributed by atoms with Gasteiger partial charge in [0.2, 0.25) is 0 Å². The van der Waals surface area contributed by atoms with Crippen LogP contribution in [0.3, 0.4) is 0 Å². The van der Waals surface area contributed by atoms with Crippen molar-refractivity contribution in [3.8, 4) is 11.8 Å². The molecule has 0 atom stereocenters. The first-order valence-corrected chi connectivity index (χ1v) is 5.10. The van der Waals surface area contributed by atoms with E-state index in [9.17, 15) is 4.79 Å². The van der Waals surface area contributed by atoms with E-state index in [1.54, 1.807) is 24.3 Å². The van der Waals surface area contributed by atoms with Crippen LogP contribution in [-0.4, -0.2) is 12.4 Å². The number of nitriles is 1. The summed E-state index contributed by atoms with van der Waals surface area (Å²) < 4.78 is 5.34. The van der Waals surface area contributed by atoms with Crippen molar-refractivity contribution >= 4 is 5.78 Å². The minimum atomic E-state index is -0.396. The third-order valence-electron chi connectivity index (χ3n) is 2.17. The number of rotatable bonds is 3. The predicted octanol–water partition coefficient (Wildman–Crippen LogP) is 2.55. The van der Waals surface area contributed by atoms with Gasteiger partial charge in [-0.25, -0.2) is 0 Å². The Morgan fingerprint density at radius 2 is 2.12 bits per heavy atom. The smallest absolute Gasteiger partial charge is 0.175 e. The molecule has 0 fully saturated rings. The maximum Gasteiger partial charge on any atom is 0.175 e. The number of carbonyl (C=O) groups excluding carboxylic acids is 1. The zero-order valence-corrected chi connectivity index (χ0v) is 9.78. The van der Waals surface area contributed by atoms with Crippen molar-refractivity contribution in [2.24, 2.45) is 5.41 Å². The molecule has 0 aromatic heterocycles. The third kappa shape index (κ3) is 3.39. The molecule has 0 aliphatic carbocycles. The summed E-state index contributed by atoms with van der Waals surface area (Å²) in [5, 5.41) is 8.70. The molecule has 0 aliphatic rings. The monoisotopic (exact) mass is 217 g/mol. The average Bonchev–Trinajstić information content (AvgIpc) is 2.25. The van der Waals surface area contributed by atoms with E-state index in [4.69, 9.17) is 10.00 Å². The van der Waals surface area contributed by atoms with Crippen molar-refractivity contribution in [1.82, 2.24) is 0 Å². The molecule has 0 N–H and O–H groups in total. The van der Waals surface area contributed by atoms with E-state index in [1.807, 2.05) is 26.8 Å². The summed E-state index contributed by atoms with van der Waals surface area (Å²) in [7, 11) is 0. The largest absolute Gasteiger partial charge is 0.486 e. The summed E-state index contributed by atoms with van der Waals surface area (Å²) in [6.45, 7) is 5.59. The fourth-order valence-electron chi connectivity index (χ4n) is 1.02. The maximum atomic E-state index is 11.6. The Kier molecular flexibility index (Phi) is 3.68. The van der Waals surface area contributed by atoms with Crippen LogP contribution in [0.25, 0.3) is 0 Å². The Labute approximate surface area is 95.7 Å². The number of carbonyl (C=O) groups is 1. The van der Waals surface area contributed by atoms with Gasteiger partial charge in [-0.1, -0.05) is 26.8 Å². The molecule has 0 aliphatic heterocycles. The molecule has 1 rings (SSSR count). The van der Waals surface area contributed by atoms with Crippen LogP contribution in [0.15, 0.2) is 24.3 Å². The average molecular weight is 217 g/mol. The molecule has 0 heterocycles. The van der Waals surface area contributed by atoms with E-state index in [1.165, 1.54) is 0 Å². The fourth-order valence-corrected chi connectivity index (χ4v) is 1.02. The number of nitrogens with zero attached hydrogens (tertiary/aromatic N) is 1. The van der Waals surface area contributed by atoms with Crippen LogP contribution >= 0.6 is 0 Å².